The van der Waals surface area contributed by atoms with Gasteiger partial charge in [0.05, 0.1) is 26.5 Å². The highest BCUT2D eigenvalue weighted by atomic mass is 16.5. The molecule has 0 atom stereocenters. The van der Waals surface area contributed by atoms with E-state index in [1.807, 2.05) is 6.92 Å². The van der Waals surface area contributed by atoms with Gasteiger partial charge >= 0.3 is 6.03 Å². The fourth-order valence-corrected chi connectivity index (χ4v) is 3.10. The van der Waals surface area contributed by atoms with Gasteiger partial charge in [-0.15, -0.1) is 6.58 Å². The molecule has 0 unspecified atom stereocenters. The maximum atomic E-state index is 12.9. The molecule has 4 amide bonds. The van der Waals surface area contributed by atoms with Crippen molar-refractivity contribution in [1.29, 1.82) is 0 Å². The van der Waals surface area contributed by atoms with Crippen LogP contribution < -0.4 is 14.8 Å². The molecule has 156 valence electrons. The topological polar surface area (TPSA) is 98.1 Å². The standard InChI is InChI=1S/C22H22N2O6/c1-4-7-15-10-14(12-18(28-3)19(15)29-5-2)11-17-20(25)23-22(27)24(21(17)26)13-16-8-6-9-30-16/h4,6,8-12H,1,5,7,13H2,2-3H3,(H,23,25,27)/b17-11+. The first-order valence-corrected chi connectivity index (χ1v) is 9.34. The number of rotatable bonds is 8. The van der Waals surface area contributed by atoms with Gasteiger partial charge in [0.25, 0.3) is 11.8 Å². The molecule has 1 aromatic carbocycles. The number of amides is 4. The Morgan fingerprint density at radius 2 is 2.07 bits per heavy atom. The molecule has 8 nitrogen and oxygen atoms in total. The molecule has 0 spiro atoms. The van der Waals surface area contributed by atoms with Gasteiger partial charge < -0.3 is 13.9 Å². The Balaban J connectivity index is 2.00. The van der Waals surface area contributed by atoms with Gasteiger partial charge in [0.15, 0.2) is 11.5 Å². The smallest absolute Gasteiger partial charge is 0.331 e. The predicted octanol–water partition coefficient (Wildman–Crippen LogP) is 3.08. The van der Waals surface area contributed by atoms with Crippen LogP contribution in [0.5, 0.6) is 11.5 Å². The third kappa shape index (κ3) is 4.27. The summed E-state index contributed by atoms with van der Waals surface area (Å²) in [5.74, 6) is -0.00775. The summed E-state index contributed by atoms with van der Waals surface area (Å²) in [5.41, 5.74) is 1.18. The predicted molar refractivity (Wildman–Crippen MR) is 109 cm³/mol. The van der Waals surface area contributed by atoms with Crippen molar-refractivity contribution in [2.75, 3.05) is 13.7 Å². The second kappa shape index (κ2) is 9.13. The summed E-state index contributed by atoms with van der Waals surface area (Å²) in [6.45, 7) is 5.98. The lowest BCUT2D eigenvalue weighted by Gasteiger charge is -2.25. The van der Waals surface area contributed by atoms with E-state index in [9.17, 15) is 14.4 Å². The molecule has 0 bridgehead atoms. The molecule has 2 heterocycles. The highest BCUT2D eigenvalue weighted by molar-refractivity contribution is 6.30. The van der Waals surface area contributed by atoms with Crippen LogP contribution in [0.1, 0.15) is 23.8 Å². The van der Waals surface area contributed by atoms with E-state index >= 15 is 0 Å². The van der Waals surface area contributed by atoms with Gasteiger partial charge in [-0.1, -0.05) is 6.08 Å². The molecular formula is C22H22N2O6. The number of nitrogens with one attached hydrogen (secondary N) is 1. The normalized spacial score (nSPS) is 15.3. The Kier molecular flexibility index (Phi) is 6.36. The number of benzene rings is 1. The van der Waals surface area contributed by atoms with Gasteiger partial charge in [0.1, 0.15) is 11.3 Å². The molecule has 1 saturated heterocycles. The lowest BCUT2D eigenvalue weighted by Crippen LogP contribution is -2.53. The summed E-state index contributed by atoms with van der Waals surface area (Å²) >= 11 is 0. The van der Waals surface area contributed by atoms with Gasteiger partial charge in [-0.25, -0.2) is 4.79 Å². The third-order valence-electron chi connectivity index (χ3n) is 4.42. The van der Waals surface area contributed by atoms with Crippen molar-refractivity contribution in [1.82, 2.24) is 10.2 Å². The number of carbonyl (C=O) groups is 3. The molecule has 30 heavy (non-hydrogen) atoms. The third-order valence-corrected chi connectivity index (χ3v) is 4.42. The van der Waals surface area contributed by atoms with E-state index in [4.69, 9.17) is 13.9 Å². The van der Waals surface area contributed by atoms with Crippen molar-refractivity contribution in [3.8, 4) is 11.5 Å². The zero-order chi connectivity index (χ0) is 21.7. The van der Waals surface area contributed by atoms with Gasteiger partial charge in [0, 0.05) is 5.56 Å². The van der Waals surface area contributed by atoms with Crippen molar-refractivity contribution in [3.63, 3.8) is 0 Å². The van der Waals surface area contributed by atoms with Gasteiger partial charge in [-0.05, 0) is 49.2 Å². The van der Waals surface area contributed by atoms with Crippen LogP contribution >= 0.6 is 0 Å². The van der Waals surface area contributed by atoms with Crippen LogP contribution in [0.4, 0.5) is 4.79 Å². The van der Waals surface area contributed by atoms with E-state index in [0.717, 1.165) is 10.5 Å². The van der Waals surface area contributed by atoms with Crippen LogP contribution in [-0.2, 0) is 22.6 Å². The fraction of sp³-hybridized carbons (Fsp3) is 0.227. The molecule has 0 aliphatic carbocycles. The summed E-state index contributed by atoms with van der Waals surface area (Å²) < 4.78 is 16.3. The molecule has 1 aliphatic rings. The number of urea groups is 1. The summed E-state index contributed by atoms with van der Waals surface area (Å²) in [6, 6.07) is 5.94. The Hall–Kier alpha value is -3.81. The van der Waals surface area contributed by atoms with Crippen molar-refractivity contribution < 1.29 is 28.3 Å². The Bertz CT molecular complexity index is 1010. The van der Waals surface area contributed by atoms with E-state index in [0.29, 0.717) is 35.9 Å². The van der Waals surface area contributed by atoms with Gasteiger partial charge in [0.2, 0.25) is 0 Å². The summed E-state index contributed by atoms with van der Waals surface area (Å²) in [6.07, 6.45) is 5.09. The van der Waals surface area contributed by atoms with Crippen LogP contribution in [0.2, 0.25) is 0 Å². The number of hydrogen-bond acceptors (Lipinski definition) is 6. The number of methoxy groups -OCH3 is 1. The molecule has 3 rings (SSSR count). The highest BCUT2D eigenvalue weighted by Gasteiger charge is 2.36. The Labute approximate surface area is 173 Å². The highest BCUT2D eigenvalue weighted by Crippen LogP contribution is 2.34. The number of hydrogen-bond donors (Lipinski definition) is 1. The van der Waals surface area contributed by atoms with Crippen LogP contribution in [0, 0.1) is 0 Å². The summed E-state index contributed by atoms with van der Waals surface area (Å²) in [7, 11) is 1.51. The average molecular weight is 410 g/mol. The fourth-order valence-electron chi connectivity index (χ4n) is 3.10. The maximum absolute atomic E-state index is 12.9. The second-order valence-corrected chi connectivity index (χ2v) is 6.43. The van der Waals surface area contributed by atoms with Crippen LogP contribution in [0.3, 0.4) is 0 Å². The molecule has 1 fully saturated rings. The number of furan rings is 1. The molecule has 1 N–H and O–H groups in total. The van der Waals surface area contributed by atoms with Crippen molar-refractivity contribution in [2.45, 2.75) is 19.9 Å². The minimum absolute atomic E-state index is 0.0867. The van der Waals surface area contributed by atoms with Crippen LogP contribution in [-0.4, -0.2) is 36.5 Å². The van der Waals surface area contributed by atoms with Crippen molar-refractivity contribution in [3.05, 3.63) is 65.6 Å². The van der Waals surface area contributed by atoms with E-state index in [2.05, 4.69) is 11.9 Å². The van der Waals surface area contributed by atoms with E-state index in [-0.39, 0.29) is 12.1 Å². The zero-order valence-corrected chi connectivity index (χ0v) is 16.8. The quantitative estimate of drug-likeness (QED) is 0.408. The lowest BCUT2D eigenvalue weighted by atomic mass is 10.0. The molecule has 0 radical (unpaired) electrons. The molecule has 0 saturated carbocycles. The minimum atomic E-state index is -0.796. The molecule has 1 aliphatic heterocycles. The molecule has 1 aromatic heterocycles. The van der Waals surface area contributed by atoms with Gasteiger partial charge in [-0.3, -0.25) is 19.8 Å². The van der Waals surface area contributed by atoms with Crippen molar-refractivity contribution >= 4 is 23.9 Å². The monoisotopic (exact) mass is 410 g/mol. The number of carbonyl (C=O) groups excluding carboxylic acids is 3. The Morgan fingerprint density at radius 1 is 1.27 bits per heavy atom. The average Bonchev–Trinajstić information content (AvgIpc) is 3.23. The first-order chi connectivity index (χ1) is 14.5. The van der Waals surface area contributed by atoms with E-state index in [1.54, 1.807) is 30.3 Å². The number of nitrogens with zero attached hydrogens (tertiary/aromatic N) is 1. The maximum Gasteiger partial charge on any atom is 0.331 e. The number of barbiturate groups is 1. The zero-order valence-electron chi connectivity index (χ0n) is 16.8. The van der Waals surface area contributed by atoms with Crippen molar-refractivity contribution in [2.24, 2.45) is 0 Å². The first kappa shape index (κ1) is 20.9. The van der Waals surface area contributed by atoms with E-state index < -0.39 is 17.8 Å². The number of imide groups is 2. The Morgan fingerprint density at radius 3 is 2.70 bits per heavy atom. The van der Waals surface area contributed by atoms with Crippen LogP contribution in [0.25, 0.3) is 6.08 Å². The van der Waals surface area contributed by atoms with E-state index in [1.165, 1.54) is 19.4 Å². The number of ether oxygens (including phenoxy) is 2. The molecular weight excluding hydrogens is 388 g/mol. The SMILES string of the molecule is C=CCc1cc(/C=C2\C(=O)NC(=O)N(Cc3ccco3)C2=O)cc(OC)c1OCC. The number of allylic oxidation sites excluding steroid dienone is 1. The summed E-state index contributed by atoms with van der Waals surface area (Å²) in [5, 5.41) is 2.19. The first-order valence-electron chi connectivity index (χ1n) is 9.34. The largest absolute Gasteiger partial charge is 0.493 e. The molecule has 2 aromatic rings. The van der Waals surface area contributed by atoms with Gasteiger partial charge in [-0.2, -0.15) is 0 Å². The van der Waals surface area contributed by atoms with Crippen LogP contribution in [0.15, 0.2) is 53.2 Å². The minimum Gasteiger partial charge on any atom is -0.493 e. The molecule has 8 heteroatoms. The second-order valence-electron chi connectivity index (χ2n) is 6.43. The lowest BCUT2D eigenvalue weighted by molar-refractivity contribution is -0.130. The summed E-state index contributed by atoms with van der Waals surface area (Å²) in [4.78, 5) is 38.3.